The predicted octanol–water partition coefficient (Wildman–Crippen LogP) is 1.78. The summed E-state index contributed by atoms with van der Waals surface area (Å²) in [5, 5.41) is 14.2. The SMILES string of the molecule is C=C1CN2C(=O)Cn3nnnc3C2c2ccc3ccccc3c21. The third-order valence-electron chi connectivity index (χ3n) is 4.69. The summed E-state index contributed by atoms with van der Waals surface area (Å²) in [6.07, 6.45) is 0. The van der Waals surface area contributed by atoms with Crippen LogP contribution in [0, 0.1) is 0 Å². The van der Waals surface area contributed by atoms with E-state index in [1.54, 1.807) is 4.68 Å². The second kappa shape index (κ2) is 4.25. The maximum absolute atomic E-state index is 12.5. The Kier molecular flexibility index (Phi) is 2.31. The molecule has 1 amide bonds. The van der Waals surface area contributed by atoms with Crippen molar-refractivity contribution in [1.29, 1.82) is 0 Å². The van der Waals surface area contributed by atoms with E-state index in [0.717, 1.165) is 22.1 Å². The molecular weight excluding hydrogens is 290 g/mol. The van der Waals surface area contributed by atoms with E-state index in [-0.39, 0.29) is 18.5 Å². The van der Waals surface area contributed by atoms with Gasteiger partial charge in [0.05, 0.1) is 0 Å². The van der Waals surface area contributed by atoms with E-state index in [9.17, 15) is 4.79 Å². The molecule has 0 bridgehead atoms. The van der Waals surface area contributed by atoms with Gasteiger partial charge in [0.15, 0.2) is 5.82 Å². The van der Waals surface area contributed by atoms with Gasteiger partial charge in [-0.15, -0.1) is 5.10 Å². The Morgan fingerprint density at radius 2 is 2.00 bits per heavy atom. The third kappa shape index (κ3) is 1.57. The molecule has 1 unspecified atom stereocenters. The summed E-state index contributed by atoms with van der Waals surface area (Å²) in [4.78, 5) is 14.3. The molecule has 1 atom stereocenters. The molecular formula is C17H13N5O. The molecule has 0 saturated heterocycles. The van der Waals surface area contributed by atoms with Crippen LogP contribution in [-0.4, -0.2) is 37.6 Å². The van der Waals surface area contributed by atoms with Gasteiger partial charge in [-0.2, -0.15) is 0 Å². The molecule has 1 aromatic heterocycles. The average Bonchev–Trinajstić information content (AvgIpc) is 3.02. The van der Waals surface area contributed by atoms with E-state index in [1.807, 2.05) is 17.0 Å². The Morgan fingerprint density at radius 1 is 1.13 bits per heavy atom. The molecule has 0 fully saturated rings. The molecule has 6 nitrogen and oxygen atoms in total. The van der Waals surface area contributed by atoms with Crippen LogP contribution in [0.3, 0.4) is 0 Å². The molecule has 2 aromatic carbocycles. The van der Waals surface area contributed by atoms with Crippen LogP contribution in [0.15, 0.2) is 43.0 Å². The number of nitrogens with zero attached hydrogens (tertiary/aromatic N) is 5. The molecule has 0 saturated carbocycles. The van der Waals surface area contributed by atoms with Gasteiger partial charge in [0, 0.05) is 6.54 Å². The van der Waals surface area contributed by atoms with Crippen LogP contribution in [0.1, 0.15) is 23.0 Å². The van der Waals surface area contributed by atoms with Crippen LogP contribution in [0.4, 0.5) is 0 Å². The van der Waals surface area contributed by atoms with Crippen LogP contribution in [0.5, 0.6) is 0 Å². The fourth-order valence-electron chi connectivity index (χ4n) is 3.70. The Labute approximate surface area is 132 Å². The van der Waals surface area contributed by atoms with Crippen molar-refractivity contribution >= 4 is 22.3 Å². The van der Waals surface area contributed by atoms with Crippen LogP contribution in [0.2, 0.25) is 0 Å². The highest BCUT2D eigenvalue weighted by Crippen LogP contribution is 2.42. The molecule has 2 aliphatic rings. The minimum Gasteiger partial charge on any atom is -0.322 e. The lowest BCUT2D eigenvalue weighted by Crippen LogP contribution is -2.46. The highest BCUT2D eigenvalue weighted by molar-refractivity contribution is 5.97. The third-order valence-corrected chi connectivity index (χ3v) is 4.69. The zero-order valence-electron chi connectivity index (χ0n) is 12.3. The first-order valence-electron chi connectivity index (χ1n) is 7.49. The van der Waals surface area contributed by atoms with Crippen LogP contribution in [0.25, 0.3) is 16.3 Å². The molecule has 3 aromatic rings. The van der Waals surface area contributed by atoms with Crippen molar-refractivity contribution in [3.05, 3.63) is 59.9 Å². The molecule has 6 heteroatoms. The molecule has 0 spiro atoms. The molecule has 0 N–H and O–H groups in total. The maximum atomic E-state index is 12.5. The van der Waals surface area contributed by atoms with Gasteiger partial charge in [-0.1, -0.05) is 43.0 Å². The number of amides is 1. The number of carbonyl (C=O) groups is 1. The van der Waals surface area contributed by atoms with Crippen LogP contribution in [-0.2, 0) is 11.3 Å². The Bertz CT molecular complexity index is 990. The largest absolute Gasteiger partial charge is 0.322 e. The zero-order valence-corrected chi connectivity index (χ0v) is 12.3. The summed E-state index contributed by atoms with van der Waals surface area (Å²) in [7, 11) is 0. The summed E-state index contributed by atoms with van der Waals surface area (Å²) < 4.78 is 1.59. The van der Waals surface area contributed by atoms with Gasteiger partial charge in [0.1, 0.15) is 12.6 Å². The molecule has 23 heavy (non-hydrogen) atoms. The smallest absolute Gasteiger partial charge is 0.245 e. The second-order valence-corrected chi connectivity index (χ2v) is 5.97. The Balaban J connectivity index is 1.84. The van der Waals surface area contributed by atoms with E-state index in [2.05, 4.69) is 46.4 Å². The van der Waals surface area contributed by atoms with Crippen molar-refractivity contribution in [2.45, 2.75) is 12.6 Å². The molecule has 0 radical (unpaired) electrons. The van der Waals surface area contributed by atoms with Crippen molar-refractivity contribution in [2.24, 2.45) is 0 Å². The number of tetrazole rings is 1. The monoisotopic (exact) mass is 303 g/mol. The molecule has 5 rings (SSSR count). The summed E-state index contributed by atoms with van der Waals surface area (Å²) in [5.74, 6) is 0.739. The topological polar surface area (TPSA) is 63.9 Å². The molecule has 2 aliphatic heterocycles. The number of rotatable bonds is 0. The quantitative estimate of drug-likeness (QED) is 0.635. The van der Waals surface area contributed by atoms with E-state index in [0.29, 0.717) is 12.4 Å². The first kappa shape index (κ1) is 12.5. The number of aromatic nitrogens is 4. The number of hydrogen-bond acceptors (Lipinski definition) is 4. The normalized spacial score (nSPS) is 19.5. The molecule has 112 valence electrons. The first-order chi connectivity index (χ1) is 11.2. The van der Waals surface area contributed by atoms with Crippen molar-refractivity contribution in [3.8, 4) is 0 Å². The van der Waals surface area contributed by atoms with E-state index in [1.165, 1.54) is 5.39 Å². The summed E-state index contributed by atoms with van der Waals surface area (Å²) in [6.45, 7) is 4.92. The average molecular weight is 303 g/mol. The highest BCUT2D eigenvalue weighted by atomic mass is 16.2. The van der Waals surface area contributed by atoms with Crippen molar-refractivity contribution in [3.63, 3.8) is 0 Å². The predicted molar refractivity (Wildman–Crippen MR) is 84.4 cm³/mol. The van der Waals surface area contributed by atoms with Crippen molar-refractivity contribution in [1.82, 2.24) is 25.1 Å². The molecule has 3 heterocycles. The number of carbonyl (C=O) groups excluding carboxylic acids is 1. The maximum Gasteiger partial charge on any atom is 0.245 e. The lowest BCUT2D eigenvalue weighted by molar-refractivity contribution is -0.135. The van der Waals surface area contributed by atoms with E-state index in [4.69, 9.17) is 0 Å². The number of benzene rings is 2. The van der Waals surface area contributed by atoms with Gasteiger partial charge >= 0.3 is 0 Å². The zero-order chi connectivity index (χ0) is 15.6. The van der Waals surface area contributed by atoms with Gasteiger partial charge in [-0.05, 0) is 37.9 Å². The summed E-state index contributed by atoms with van der Waals surface area (Å²) in [5.41, 5.74) is 3.12. The fraction of sp³-hybridized carbons (Fsp3) is 0.176. The van der Waals surface area contributed by atoms with Gasteiger partial charge in [-0.25, -0.2) is 4.68 Å². The Hall–Kier alpha value is -3.02. The fourth-order valence-corrected chi connectivity index (χ4v) is 3.70. The van der Waals surface area contributed by atoms with Gasteiger partial charge in [0.2, 0.25) is 5.91 Å². The number of fused-ring (bicyclic) bond motifs is 7. The van der Waals surface area contributed by atoms with Crippen molar-refractivity contribution in [2.75, 3.05) is 6.54 Å². The van der Waals surface area contributed by atoms with Crippen LogP contribution < -0.4 is 0 Å². The highest BCUT2D eigenvalue weighted by Gasteiger charge is 2.41. The second-order valence-electron chi connectivity index (χ2n) is 5.97. The first-order valence-corrected chi connectivity index (χ1v) is 7.49. The van der Waals surface area contributed by atoms with E-state index < -0.39 is 0 Å². The van der Waals surface area contributed by atoms with Crippen molar-refractivity contribution < 1.29 is 4.79 Å². The minimum atomic E-state index is -0.239. The van der Waals surface area contributed by atoms with Crippen LogP contribution >= 0.6 is 0 Å². The molecule has 0 aliphatic carbocycles. The minimum absolute atomic E-state index is 0.0229. The lowest BCUT2D eigenvalue weighted by Gasteiger charge is -2.40. The standard InChI is InChI=1S/C17H13N5O/c1-10-8-21-14(23)9-22-17(18-19-20-22)16(21)13-7-6-11-4-2-3-5-12(11)15(10)13/h2-7,16H,1,8-9H2. The van der Waals surface area contributed by atoms with Gasteiger partial charge in [-0.3, -0.25) is 4.79 Å². The van der Waals surface area contributed by atoms with Gasteiger partial charge in [0.25, 0.3) is 0 Å². The Morgan fingerprint density at radius 3 is 2.91 bits per heavy atom. The lowest BCUT2D eigenvalue weighted by atomic mass is 9.85. The summed E-state index contributed by atoms with van der Waals surface area (Å²) >= 11 is 0. The summed E-state index contributed by atoms with van der Waals surface area (Å²) in [6, 6.07) is 12.1. The number of hydrogen-bond donors (Lipinski definition) is 0. The van der Waals surface area contributed by atoms with E-state index >= 15 is 0 Å². The van der Waals surface area contributed by atoms with Gasteiger partial charge < -0.3 is 4.90 Å².